The molecule has 2 rings (SSSR count). The summed E-state index contributed by atoms with van der Waals surface area (Å²) in [6, 6.07) is 18.1. The molecule has 0 amide bonds. The fourth-order valence-electron chi connectivity index (χ4n) is 2.76. The summed E-state index contributed by atoms with van der Waals surface area (Å²) >= 11 is 0. The van der Waals surface area contributed by atoms with E-state index in [1.807, 2.05) is 0 Å². The molecule has 0 bridgehead atoms. The van der Waals surface area contributed by atoms with Gasteiger partial charge in [-0.3, -0.25) is 0 Å². The molecule has 2 aromatic rings. The highest BCUT2D eigenvalue weighted by Gasteiger charge is 2.13. The van der Waals surface area contributed by atoms with Crippen molar-refractivity contribution in [3.63, 3.8) is 0 Å². The van der Waals surface area contributed by atoms with Gasteiger partial charge in [0.2, 0.25) is 0 Å². The molecule has 112 valence electrons. The van der Waals surface area contributed by atoms with Crippen molar-refractivity contribution >= 4 is 0 Å². The number of benzene rings is 2. The summed E-state index contributed by atoms with van der Waals surface area (Å²) in [6.45, 7) is 9.81. The smallest absolute Gasteiger partial charge is 0.0576 e. The van der Waals surface area contributed by atoms with E-state index in [0.29, 0.717) is 5.92 Å². The van der Waals surface area contributed by atoms with E-state index in [-0.39, 0.29) is 6.04 Å². The van der Waals surface area contributed by atoms with Gasteiger partial charge in [-0.15, -0.1) is 0 Å². The van der Waals surface area contributed by atoms with Crippen molar-refractivity contribution < 1.29 is 0 Å². The number of aryl methyl sites for hydroxylation is 1. The van der Waals surface area contributed by atoms with E-state index in [4.69, 9.17) is 0 Å². The van der Waals surface area contributed by atoms with Crippen molar-refractivity contribution in [2.75, 3.05) is 6.54 Å². The molecule has 0 fully saturated rings. The summed E-state index contributed by atoms with van der Waals surface area (Å²) in [5.74, 6) is 0.692. The van der Waals surface area contributed by atoms with Crippen molar-refractivity contribution in [3.8, 4) is 0 Å². The Morgan fingerprint density at radius 3 is 2.29 bits per heavy atom. The van der Waals surface area contributed by atoms with Gasteiger partial charge >= 0.3 is 0 Å². The van der Waals surface area contributed by atoms with E-state index < -0.39 is 0 Å². The van der Waals surface area contributed by atoms with E-state index in [1.54, 1.807) is 0 Å². The molecule has 0 aliphatic rings. The predicted molar refractivity (Wildman–Crippen MR) is 91.7 cm³/mol. The third-order valence-corrected chi connectivity index (χ3v) is 3.75. The van der Waals surface area contributed by atoms with Gasteiger partial charge in [0.15, 0.2) is 0 Å². The number of hydrogen-bond acceptors (Lipinski definition) is 1. The first-order valence-electron chi connectivity index (χ1n) is 7.99. The molecule has 0 heterocycles. The van der Waals surface area contributed by atoms with Crippen LogP contribution in [0.25, 0.3) is 0 Å². The summed E-state index contributed by atoms with van der Waals surface area (Å²) in [5.41, 5.74) is 5.43. The topological polar surface area (TPSA) is 12.0 Å². The van der Waals surface area contributed by atoms with E-state index in [1.165, 1.54) is 22.3 Å². The Morgan fingerprint density at radius 2 is 1.67 bits per heavy atom. The van der Waals surface area contributed by atoms with Gasteiger partial charge in [0.25, 0.3) is 0 Å². The summed E-state index contributed by atoms with van der Waals surface area (Å²) in [6.07, 6.45) is 1.14. The fourth-order valence-corrected chi connectivity index (χ4v) is 2.76. The van der Waals surface area contributed by atoms with Crippen LogP contribution in [0.15, 0.2) is 48.5 Å². The highest BCUT2D eigenvalue weighted by atomic mass is 14.9. The van der Waals surface area contributed by atoms with Gasteiger partial charge in [0.1, 0.15) is 0 Å². The lowest BCUT2D eigenvalue weighted by Gasteiger charge is -2.20. The molecule has 0 saturated heterocycles. The molecule has 0 spiro atoms. The summed E-state index contributed by atoms with van der Waals surface area (Å²) in [4.78, 5) is 0. The lowest BCUT2D eigenvalue weighted by Crippen LogP contribution is -2.22. The Balaban J connectivity index is 2.31. The Bertz CT molecular complexity index is 554. The van der Waals surface area contributed by atoms with Crippen LogP contribution in [-0.4, -0.2) is 6.54 Å². The molecule has 1 N–H and O–H groups in total. The van der Waals surface area contributed by atoms with E-state index in [0.717, 1.165) is 13.0 Å². The maximum Gasteiger partial charge on any atom is 0.0576 e. The predicted octanol–water partition coefficient (Wildman–Crippen LogP) is 4.89. The van der Waals surface area contributed by atoms with Crippen LogP contribution in [0, 0.1) is 12.8 Å². The minimum absolute atomic E-state index is 0.280. The van der Waals surface area contributed by atoms with Crippen molar-refractivity contribution in [1.29, 1.82) is 0 Å². The standard InChI is InChI=1S/C20H27N/c1-5-21-20(18-11-9-16(4)10-12-18)19-8-6-7-17(14-19)13-15(2)3/h6-12,14-15,20-21H,5,13H2,1-4H3. The lowest BCUT2D eigenvalue weighted by molar-refractivity contribution is 0.623. The van der Waals surface area contributed by atoms with Crippen LogP contribution in [0.4, 0.5) is 0 Å². The number of rotatable bonds is 6. The molecule has 0 aliphatic heterocycles. The van der Waals surface area contributed by atoms with E-state index in [2.05, 4.69) is 81.5 Å². The van der Waals surface area contributed by atoms with Gasteiger partial charge in [0, 0.05) is 0 Å². The first-order valence-corrected chi connectivity index (χ1v) is 7.99. The van der Waals surface area contributed by atoms with Gasteiger partial charge in [-0.2, -0.15) is 0 Å². The van der Waals surface area contributed by atoms with E-state index >= 15 is 0 Å². The van der Waals surface area contributed by atoms with Crippen LogP contribution >= 0.6 is 0 Å². The zero-order valence-corrected chi connectivity index (χ0v) is 13.7. The molecule has 21 heavy (non-hydrogen) atoms. The number of hydrogen-bond donors (Lipinski definition) is 1. The molecule has 0 saturated carbocycles. The summed E-state index contributed by atoms with van der Waals surface area (Å²) < 4.78 is 0. The third kappa shape index (κ3) is 4.44. The van der Waals surface area contributed by atoms with Crippen molar-refractivity contribution in [2.45, 2.75) is 40.2 Å². The first kappa shape index (κ1) is 15.8. The minimum atomic E-state index is 0.280. The summed E-state index contributed by atoms with van der Waals surface area (Å²) in [5, 5.41) is 3.62. The maximum absolute atomic E-state index is 3.62. The molecule has 2 aromatic carbocycles. The van der Waals surface area contributed by atoms with Crippen LogP contribution < -0.4 is 5.32 Å². The van der Waals surface area contributed by atoms with Crippen molar-refractivity contribution in [1.82, 2.24) is 5.32 Å². The first-order chi connectivity index (χ1) is 10.1. The molecule has 0 aromatic heterocycles. The Kier molecular flexibility index (Phi) is 5.58. The van der Waals surface area contributed by atoms with Crippen molar-refractivity contribution in [2.24, 2.45) is 5.92 Å². The molecule has 1 unspecified atom stereocenters. The average molecular weight is 281 g/mol. The molecule has 1 heteroatoms. The Hall–Kier alpha value is -1.60. The highest BCUT2D eigenvalue weighted by molar-refractivity contribution is 5.35. The largest absolute Gasteiger partial charge is 0.307 e. The second-order valence-corrected chi connectivity index (χ2v) is 6.24. The second-order valence-electron chi connectivity index (χ2n) is 6.24. The molecule has 0 aliphatic carbocycles. The van der Waals surface area contributed by atoms with Gasteiger partial charge in [0.05, 0.1) is 6.04 Å². The normalized spacial score (nSPS) is 12.6. The Labute approximate surface area is 129 Å². The quantitative estimate of drug-likeness (QED) is 0.794. The minimum Gasteiger partial charge on any atom is -0.307 e. The maximum atomic E-state index is 3.62. The molecular formula is C20H27N. The third-order valence-electron chi connectivity index (χ3n) is 3.75. The Morgan fingerprint density at radius 1 is 0.952 bits per heavy atom. The molecular weight excluding hydrogens is 254 g/mol. The molecule has 1 nitrogen and oxygen atoms in total. The van der Waals surface area contributed by atoms with Gasteiger partial charge in [-0.25, -0.2) is 0 Å². The van der Waals surface area contributed by atoms with Gasteiger partial charge < -0.3 is 5.32 Å². The van der Waals surface area contributed by atoms with Gasteiger partial charge in [-0.05, 0) is 42.5 Å². The average Bonchev–Trinajstić information content (AvgIpc) is 2.45. The molecule has 1 atom stereocenters. The lowest BCUT2D eigenvalue weighted by atomic mass is 9.94. The zero-order chi connectivity index (χ0) is 15.2. The van der Waals surface area contributed by atoms with Crippen molar-refractivity contribution in [3.05, 3.63) is 70.8 Å². The second kappa shape index (κ2) is 7.42. The monoisotopic (exact) mass is 281 g/mol. The zero-order valence-electron chi connectivity index (χ0n) is 13.7. The molecule has 0 radical (unpaired) electrons. The summed E-state index contributed by atoms with van der Waals surface area (Å²) in [7, 11) is 0. The van der Waals surface area contributed by atoms with Crippen LogP contribution in [-0.2, 0) is 6.42 Å². The van der Waals surface area contributed by atoms with Crippen LogP contribution in [0.1, 0.15) is 49.1 Å². The SMILES string of the molecule is CCNC(c1ccc(C)cc1)c1cccc(CC(C)C)c1. The highest BCUT2D eigenvalue weighted by Crippen LogP contribution is 2.24. The number of nitrogens with one attached hydrogen (secondary N) is 1. The van der Waals surface area contributed by atoms with Crippen LogP contribution in [0.3, 0.4) is 0 Å². The fraction of sp³-hybridized carbons (Fsp3) is 0.400. The van der Waals surface area contributed by atoms with Crippen LogP contribution in [0.5, 0.6) is 0 Å². The van der Waals surface area contributed by atoms with Gasteiger partial charge in [-0.1, -0.05) is 74.9 Å². The van der Waals surface area contributed by atoms with E-state index in [9.17, 15) is 0 Å². The van der Waals surface area contributed by atoms with Crippen LogP contribution in [0.2, 0.25) is 0 Å².